The Bertz CT molecular complexity index is 455. The first-order valence-corrected chi connectivity index (χ1v) is 5.81. The highest BCUT2D eigenvalue weighted by molar-refractivity contribution is 7.72. The van der Waals surface area contributed by atoms with Crippen LogP contribution in [0.5, 0.6) is 0 Å². The summed E-state index contributed by atoms with van der Waals surface area (Å²) in [5, 5.41) is 0. The smallest absolute Gasteiger partial charge is 0.310 e. The van der Waals surface area contributed by atoms with E-state index in [-0.39, 0.29) is 17.9 Å². The molecule has 0 radical (unpaired) electrons. The normalized spacial score (nSPS) is 10.1. The number of esters is 1. The lowest BCUT2D eigenvalue weighted by Crippen LogP contribution is -2.07. The molecule has 0 aliphatic rings. The molecule has 4 nitrogen and oxygen atoms in total. The fraction of sp³-hybridized carbons (Fsp3) is 0.182. The highest BCUT2D eigenvalue weighted by Gasteiger charge is 2.05. The summed E-state index contributed by atoms with van der Waals surface area (Å²) in [6.07, 6.45) is 1.54. The molecule has 0 amide bonds. The lowest BCUT2D eigenvalue weighted by atomic mass is 10.1. The minimum absolute atomic E-state index is 0.0604. The molecule has 0 bridgehead atoms. The Hall–Kier alpha value is -1.62. The summed E-state index contributed by atoms with van der Waals surface area (Å²) in [6, 6.07) is 6.21. The van der Waals surface area contributed by atoms with Gasteiger partial charge in [0.25, 0.3) is 0 Å². The van der Waals surface area contributed by atoms with Crippen LogP contribution < -0.4 is 0 Å². The van der Waals surface area contributed by atoms with Gasteiger partial charge < -0.3 is 4.74 Å². The van der Waals surface area contributed by atoms with Crippen molar-refractivity contribution in [1.82, 2.24) is 0 Å². The minimum atomic E-state index is -2.62. The van der Waals surface area contributed by atoms with Crippen molar-refractivity contribution in [2.45, 2.75) is 11.3 Å². The number of thiol groups is 1. The molecule has 0 saturated heterocycles. The van der Waals surface area contributed by atoms with Crippen LogP contribution in [0.3, 0.4) is 0 Å². The molecule has 1 aromatic carbocycles. The van der Waals surface area contributed by atoms with Crippen molar-refractivity contribution in [2.75, 3.05) is 6.61 Å². The SMILES string of the molecule is C=CCOC(=O)Cc1cccc([SH](=O)=O)c1. The average molecular weight is 240 g/mol. The van der Waals surface area contributed by atoms with Crippen LogP contribution in [0.4, 0.5) is 0 Å². The maximum absolute atomic E-state index is 11.2. The number of ether oxygens (including phenoxy) is 1. The van der Waals surface area contributed by atoms with E-state index in [2.05, 4.69) is 6.58 Å². The van der Waals surface area contributed by atoms with Gasteiger partial charge >= 0.3 is 5.97 Å². The highest BCUT2D eigenvalue weighted by Crippen LogP contribution is 2.07. The van der Waals surface area contributed by atoms with Crippen LogP contribution in [0.15, 0.2) is 41.8 Å². The quantitative estimate of drug-likeness (QED) is 0.472. The molecular formula is C11H12O4S. The van der Waals surface area contributed by atoms with Crippen LogP contribution in [0, 0.1) is 0 Å². The molecule has 0 atom stereocenters. The summed E-state index contributed by atoms with van der Waals surface area (Å²) in [5.41, 5.74) is 0.616. The molecule has 16 heavy (non-hydrogen) atoms. The van der Waals surface area contributed by atoms with E-state index in [1.165, 1.54) is 18.2 Å². The fourth-order valence-electron chi connectivity index (χ4n) is 1.15. The summed E-state index contributed by atoms with van der Waals surface area (Å²) in [7, 11) is -2.62. The van der Waals surface area contributed by atoms with Gasteiger partial charge in [-0.3, -0.25) is 4.79 Å². The third-order valence-corrected chi connectivity index (χ3v) is 2.53. The number of benzene rings is 1. The number of hydrogen-bond acceptors (Lipinski definition) is 4. The van der Waals surface area contributed by atoms with E-state index >= 15 is 0 Å². The van der Waals surface area contributed by atoms with Gasteiger partial charge in [-0.15, -0.1) is 0 Å². The topological polar surface area (TPSA) is 60.4 Å². The Morgan fingerprint density at radius 3 is 2.81 bits per heavy atom. The third-order valence-electron chi connectivity index (χ3n) is 1.83. The monoisotopic (exact) mass is 240 g/mol. The van der Waals surface area contributed by atoms with Gasteiger partial charge in [0.05, 0.1) is 11.3 Å². The molecule has 0 saturated carbocycles. The van der Waals surface area contributed by atoms with E-state index in [4.69, 9.17) is 4.74 Å². The molecule has 0 spiro atoms. The molecule has 5 heteroatoms. The molecule has 0 aromatic heterocycles. The summed E-state index contributed by atoms with van der Waals surface area (Å²) in [4.78, 5) is 11.4. The highest BCUT2D eigenvalue weighted by atomic mass is 32.2. The zero-order valence-corrected chi connectivity index (χ0v) is 9.48. The number of carbonyl (C=O) groups is 1. The lowest BCUT2D eigenvalue weighted by Gasteiger charge is -2.02. The first-order chi connectivity index (χ1) is 7.63. The molecule has 1 aromatic rings. The largest absolute Gasteiger partial charge is 0.461 e. The third kappa shape index (κ3) is 3.86. The van der Waals surface area contributed by atoms with Crippen molar-refractivity contribution >= 4 is 16.7 Å². The van der Waals surface area contributed by atoms with Crippen LogP contribution in [0.1, 0.15) is 5.56 Å². The van der Waals surface area contributed by atoms with E-state index in [1.54, 1.807) is 12.1 Å². The number of rotatable bonds is 5. The van der Waals surface area contributed by atoms with Gasteiger partial charge in [-0.2, -0.15) is 0 Å². The van der Waals surface area contributed by atoms with E-state index < -0.39 is 16.7 Å². The molecular weight excluding hydrogens is 228 g/mol. The van der Waals surface area contributed by atoms with E-state index in [0.717, 1.165) is 0 Å². The van der Waals surface area contributed by atoms with Crippen molar-refractivity contribution in [2.24, 2.45) is 0 Å². The molecule has 1 rings (SSSR count). The summed E-state index contributed by atoms with van der Waals surface area (Å²) in [6.45, 7) is 3.58. The van der Waals surface area contributed by atoms with Crippen molar-refractivity contribution in [3.63, 3.8) is 0 Å². The summed E-state index contributed by atoms with van der Waals surface area (Å²) >= 11 is 0. The Morgan fingerprint density at radius 1 is 1.44 bits per heavy atom. The second-order valence-corrected chi connectivity index (χ2v) is 4.11. The molecule has 0 heterocycles. The second kappa shape index (κ2) is 6.07. The van der Waals surface area contributed by atoms with E-state index in [9.17, 15) is 13.2 Å². The van der Waals surface area contributed by atoms with Crippen LogP contribution in [0.2, 0.25) is 0 Å². The predicted octanol–water partition coefficient (Wildman–Crippen LogP) is 0.929. The van der Waals surface area contributed by atoms with Gasteiger partial charge in [-0.25, -0.2) is 8.42 Å². The Labute approximate surface area is 95.5 Å². The van der Waals surface area contributed by atoms with Crippen molar-refractivity contribution in [1.29, 1.82) is 0 Å². The summed E-state index contributed by atoms with van der Waals surface area (Å²) in [5.74, 6) is -0.404. The van der Waals surface area contributed by atoms with E-state index in [0.29, 0.717) is 5.56 Å². The van der Waals surface area contributed by atoms with Crippen LogP contribution in [0.25, 0.3) is 0 Å². The molecule has 0 aliphatic carbocycles. The standard InChI is InChI=1S/C11H12O4S/c1-2-6-15-11(12)8-9-4-3-5-10(7-9)16(13)14/h2-5,7,16H,1,6,8H2. The molecule has 0 fully saturated rings. The van der Waals surface area contributed by atoms with Gasteiger partial charge in [0.1, 0.15) is 6.61 Å². The van der Waals surface area contributed by atoms with Crippen molar-refractivity contribution in [3.8, 4) is 0 Å². The van der Waals surface area contributed by atoms with Gasteiger partial charge in [-0.1, -0.05) is 24.8 Å². The Morgan fingerprint density at radius 2 is 2.19 bits per heavy atom. The van der Waals surface area contributed by atoms with Gasteiger partial charge in [0.15, 0.2) is 10.7 Å². The molecule has 0 unspecified atom stereocenters. The first kappa shape index (κ1) is 12.4. The minimum Gasteiger partial charge on any atom is -0.461 e. The summed E-state index contributed by atoms with van der Waals surface area (Å²) < 4.78 is 26.2. The molecule has 86 valence electrons. The van der Waals surface area contributed by atoms with Gasteiger partial charge in [-0.05, 0) is 17.7 Å². The Kier molecular flexibility index (Phi) is 4.72. The average Bonchev–Trinajstić information content (AvgIpc) is 2.26. The molecule has 0 aliphatic heterocycles. The first-order valence-electron chi connectivity index (χ1n) is 4.63. The van der Waals surface area contributed by atoms with Crippen LogP contribution in [-0.4, -0.2) is 21.0 Å². The number of carbonyl (C=O) groups excluding carboxylic acids is 1. The maximum Gasteiger partial charge on any atom is 0.310 e. The van der Waals surface area contributed by atoms with Gasteiger partial charge in [0, 0.05) is 0 Å². The van der Waals surface area contributed by atoms with Crippen LogP contribution >= 0.6 is 0 Å². The number of hydrogen-bond donors (Lipinski definition) is 1. The molecule has 0 N–H and O–H groups in total. The maximum atomic E-state index is 11.2. The van der Waals surface area contributed by atoms with Crippen molar-refractivity contribution in [3.05, 3.63) is 42.5 Å². The van der Waals surface area contributed by atoms with Crippen molar-refractivity contribution < 1.29 is 17.9 Å². The zero-order valence-electron chi connectivity index (χ0n) is 8.59. The predicted molar refractivity (Wildman–Crippen MR) is 59.9 cm³/mol. The Balaban J connectivity index is 2.70. The zero-order chi connectivity index (χ0) is 12.0. The van der Waals surface area contributed by atoms with E-state index in [1.807, 2.05) is 0 Å². The fourth-order valence-corrected chi connectivity index (χ4v) is 1.63. The lowest BCUT2D eigenvalue weighted by molar-refractivity contribution is -0.141. The van der Waals surface area contributed by atoms with Gasteiger partial charge in [0.2, 0.25) is 0 Å². The second-order valence-electron chi connectivity index (χ2n) is 3.08. The van der Waals surface area contributed by atoms with Crippen LogP contribution in [-0.2, 0) is 26.7 Å².